The van der Waals surface area contributed by atoms with Gasteiger partial charge in [0.05, 0.1) is 0 Å². The van der Waals surface area contributed by atoms with Crippen molar-refractivity contribution in [3.05, 3.63) is 51.6 Å². The molecular weight excluding hydrogens is 340 g/mol. The zero-order valence-corrected chi connectivity index (χ0v) is 13.5. The van der Waals surface area contributed by atoms with Gasteiger partial charge in [-0.1, -0.05) is 18.5 Å². The standard InChI is InChI=1S/C15H16BrClN2O/c1-2-7-18-9-11-8-12(16)10-19-15(11)20-14-5-3-13(17)4-6-14/h3-6,8,10,18H,2,7,9H2,1H3. The minimum Gasteiger partial charge on any atom is -0.439 e. The van der Waals surface area contributed by atoms with Gasteiger partial charge in [-0.05, 0) is 59.2 Å². The van der Waals surface area contributed by atoms with Gasteiger partial charge >= 0.3 is 0 Å². The third-order valence-corrected chi connectivity index (χ3v) is 3.35. The molecule has 0 aliphatic rings. The highest BCUT2D eigenvalue weighted by Gasteiger charge is 2.07. The normalized spacial score (nSPS) is 10.6. The second-order valence-corrected chi connectivity index (χ2v) is 5.70. The lowest BCUT2D eigenvalue weighted by molar-refractivity contribution is 0.452. The van der Waals surface area contributed by atoms with Crippen molar-refractivity contribution < 1.29 is 4.74 Å². The molecule has 1 heterocycles. The molecule has 20 heavy (non-hydrogen) atoms. The highest BCUT2D eigenvalue weighted by molar-refractivity contribution is 9.10. The number of halogens is 2. The monoisotopic (exact) mass is 354 g/mol. The molecule has 1 aromatic carbocycles. The fraction of sp³-hybridized carbons (Fsp3) is 0.267. The highest BCUT2D eigenvalue weighted by Crippen LogP contribution is 2.26. The maximum atomic E-state index is 5.86. The molecule has 0 atom stereocenters. The number of hydrogen-bond acceptors (Lipinski definition) is 3. The van der Waals surface area contributed by atoms with Gasteiger partial charge in [0.15, 0.2) is 0 Å². The van der Waals surface area contributed by atoms with Crippen LogP contribution in [-0.2, 0) is 6.54 Å². The summed E-state index contributed by atoms with van der Waals surface area (Å²) in [6, 6.07) is 9.26. The van der Waals surface area contributed by atoms with Crippen molar-refractivity contribution in [1.29, 1.82) is 0 Å². The Hall–Kier alpha value is -1.10. The Morgan fingerprint density at radius 2 is 2.05 bits per heavy atom. The molecule has 0 fully saturated rings. The molecule has 1 N–H and O–H groups in total. The molecule has 2 aromatic rings. The van der Waals surface area contributed by atoms with Crippen LogP contribution in [0, 0.1) is 0 Å². The maximum absolute atomic E-state index is 5.86. The van der Waals surface area contributed by atoms with Gasteiger partial charge < -0.3 is 10.1 Å². The van der Waals surface area contributed by atoms with Crippen LogP contribution in [0.1, 0.15) is 18.9 Å². The average Bonchev–Trinajstić information content (AvgIpc) is 2.44. The van der Waals surface area contributed by atoms with Crippen LogP contribution in [0.5, 0.6) is 11.6 Å². The minimum atomic E-state index is 0.610. The van der Waals surface area contributed by atoms with E-state index in [0.717, 1.165) is 35.3 Å². The van der Waals surface area contributed by atoms with E-state index in [2.05, 4.69) is 33.2 Å². The summed E-state index contributed by atoms with van der Waals surface area (Å²) in [6.07, 6.45) is 2.82. The van der Waals surface area contributed by atoms with Crippen LogP contribution in [-0.4, -0.2) is 11.5 Å². The smallest absolute Gasteiger partial charge is 0.223 e. The number of hydrogen-bond donors (Lipinski definition) is 1. The summed E-state index contributed by atoms with van der Waals surface area (Å²) in [5, 5.41) is 4.04. The Bertz CT molecular complexity index is 560. The largest absolute Gasteiger partial charge is 0.439 e. The van der Waals surface area contributed by atoms with Crippen LogP contribution >= 0.6 is 27.5 Å². The molecule has 3 nitrogen and oxygen atoms in total. The summed E-state index contributed by atoms with van der Waals surface area (Å²) in [5.41, 5.74) is 1.02. The second kappa shape index (κ2) is 7.62. The summed E-state index contributed by atoms with van der Waals surface area (Å²) in [7, 11) is 0. The van der Waals surface area contributed by atoms with E-state index in [0.29, 0.717) is 10.9 Å². The van der Waals surface area contributed by atoms with E-state index in [1.54, 1.807) is 18.3 Å². The molecule has 0 aliphatic heterocycles. The first-order chi connectivity index (χ1) is 9.69. The van der Waals surface area contributed by atoms with Gasteiger partial charge in [0.25, 0.3) is 0 Å². The molecule has 0 saturated heterocycles. The first kappa shape index (κ1) is 15.3. The van der Waals surface area contributed by atoms with E-state index in [1.807, 2.05) is 18.2 Å². The molecule has 0 bridgehead atoms. The van der Waals surface area contributed by atoms with Gasteiger partial charge in [-0.3, -0.25) is 0 Å². The third kappa shape index (κ3) is 4.47. The van der Waals surface area contributed by atoms with Crippen molar-refractivity contribution in [2.24, 2.45) is 0 Å². The fourth-order valence-electron chi connectivity index (χ4n) is 1.70. The lowest BCUT2D eigenvalue weighted by Crippen LogP contribution is -2.14. The quantitative estimate of drug-likeness (QED) is 0.757. The van der Waals surface area contributed by atoms with E-state index in [4.69, 9.17) is 16.3 Å². The molecule has 0 spiro atoms. The van der Waals surface area contributed by atoms with Crippen LogP contribution < -0.4 is 10.1 Å². The molecule has 0 radical (unpaired) electrons. The van der Waals surface area contributed by atoms with Crippen molar-refractivity contribution >= 4 is 27.5 Å². The van der Waals surface area contributed by atoms with Crippen LogP contribution in [0.2, 0.25) is 5.02 Å². The van der Waals surface area contributed by atoms with Gasteiger partial charge in [-0.25, -0.2) is 4.98 Å². The SMILES string of the molecule is CCCNCc1cc(Br)cnc1Oc1ccc(Cl)cc1. The molecule has 0 saturated carbocycles. The zero-order valence-electron chi connectivity index (χ0n) is 11.2. The van der Waals surface area contributed by atoms with Crippen molar-refractivity contribution in [1.82, 2.24) is 10.3 Å². The number of benzene rings is 1. The van der Waals surface area contributed by atoms with Gasteiger partial charge in [0, 0.05) is 27.8 Å². The highest BCUT2D eigenvalue weighted by atomic mass is 79.9. The summed E-state index contributed by atoms with van der Waals surface area (Å²) in [4.78, 5) is 4.33. The van der Waals surface area contributed by atoms with E-state index < -0.39 is 0 Å². The van der Waals surface area contributed by atoms with E-state index in [1.165, 1.54) is 0 Å². The lowest BCUT2D eigenvalue weighted by Gasteiger charge is -2.11. The molecule has 2 rings (SSSR count). The number of aromatic nitrogens is 1. The van der Waals surface area contributed by atoms with Crippen molar-refractivity contribution in [3.63, 3.8) is 0 Å². The van der Waals surface area contributed by atoms with E-state index in [-0.39, 0.29) is 0 Å². The first-order valence-corrected chi connectivity index (χ1v) is 7.64. The van der Waals surface area contributed by atoms with E-state index >= 15 is 0 Å². The van der Waals surface area contributed by atoms with Crippen LogP contribution in [0.25, 0.3) is 0 Å². The van der Waals surface area contributed by atoms with Crippen molar-refractivity contribution in [2.75, 3.05) is 6.54 Å². The van der Waals surface area contributed by atoms with Crippen molar-refractivity contribution in [3.8, 4) is 11.6 Å². The average molecular weight is 356 g/mol. The van der Waals surface area contributed by atoms with Gasteiger partial charge in [0.1, 0.15) is 5.75 Å². The number of pyridine rings is 1. The summed E-state index contributed by atoms with van der Waals surface area (Å²) in [5.74, 6) is 1.33. The van der Waals surface area contributed by atoms with Crippen LogP contribution in [0.15, 0.2) is 41.0 Å². The van der Waals surface area contributed by atoms with E-state index in [9.17, 15) is 0 Å². The zero-order chi connectivity index (χ0) is 14.4. The summed E-state index contributed by atoms with van der Waals surface area (Å²) >= 11 is 9.30. The number of nitrogens with one attached hydrogen (secondary N) is 1. The Labute approximate surface area is 132 Å². The Morgan fingerprint density at radius 1 is 1.30 bits per heavy atom. The summed E-state index contributed by atoms with van der Waals surface area (Å²) in [6.45, 7) is 3.83. The molecule has 0 unspecified atom stereocenters. The molecular formula is C15H16BrClN2O. The molecule has 5 heteroatoms. The molecule has 0 amide bonds. The summed E-state index contributed by atoms with van der Waals surface area (Å²) < 4.78 is 6.76. The van der Waals surface area contributed by atoms with Gasteiger partial charge in [-0.15, -0.1) is 0 Å². The fourth-order valence-corrected chi connectivity index (χ4v) is 2.21. The van der Waals surface area contributed by atoms with Gasteiger partial charge in [0.2, 0.25) is 5.88 Å². The predicted octanol–water partition coefficient (Wildman–Crippen LogP) is 4.79. The van der Waals surface area contributed by atoms with Crippen molar-refractivity contribution in [2.45, 2.75) is 19.9 Å². The van der Waals surface area contributed by atoms with Gasteiger partial charge in [-0.2, -0.15) is 0 Å². The number of nitrogens with zero attached hydrogens (tertiary/aromatic N) is 1. The third-order valence-electron chi connectivity index (χ3n) is 2.66. The molecule has 0 aliphatic carbocycles. The Kier molecular flexibility index (Phi) is 5.83. The maximum Gasteiger partial charge on any atom is 0.223 e. The second-order valence-electron chi connectivity index (χ2n) is 4.35. The molecule has 1 aromatic heterocycles. The minimum absolute atomic E-state index is 0.610. The predicted molar refractivity (Wildman–Crippen MR) is 85.5 cm³/mol. The topological polar surface area (TPSA) is 34.2 Å². The number of rotatable bonds is 6. The lowest BCUT2D eigenvalue weighted by atomic mass is 10.2. The Morgan fingerprint density at radius 3 is 2.75 bits per heavy atom. The Balaban J connectivity index is 2.15. The van der Waals surface area contributed by atoms with Crippen LogP contribution in [0.4, 0.5) is 0 Å². The molecule has 106 valence electrons. The number of ether oxygens (including phenoxy) is 1. The van der Waals surface area contributed by atoms with Crippen LogP contribution in [0.3, 0.4) is 0 Å². The first-order valence-electron chi connectivity index (χ1n) is 6.47.